The van der Waals surface area contributed by atoms with E-state index in [0.29, 0.717) is 0 Å². The topological polar surface area (TPSA) is 49.9 Å². The van der Waals surface area contributed by atoms with Crippen LogP contribution in [0.5, 0.6) is 5.75 Å². The quantitative estimate of drug-likeness (QED) is 0.236. The number of H-pyrrole nitrogens is 1. The third-order valence-corrected chi connectivity index (χ3v) is 7.59. The molecular weight excluding hydrogens is 458 g/mol. The summed E-state index contributed by atoms with van der Waals surface area (Å²) >= 11 is 3.06. The molecule has 3 aromatic carbocycles. The molecule has 2 N–H and O–H groups in total. The van der Waals surface area contributed by atoms with Crippen molar-refractivity contribution in [2.75, 3.05) is 12.4 Å². The van der Waals surface area contributed by atoms with E-state index in [9.17, 15) is 0 Å². The van der Waals surface area contributed by atoms with Crippen LogP contribution >= 0.6 is 23.4 Å². The Hall–Kier alpha value is -3.74. The summed E-state index contributed by atoms with van der Waals surface area (Å²) in [7, 11) is 1.93. The number of nitrogens with one attached hydrogen (secondary N) is 2. The molecule has 4 nitrogen and oxygen atoms in total. The van der Waals surface area contributed by atoms with E-state index in [4.69, 9.17) is 9.17 Å². The normalized spacial score (nSPS) is 11.2. The molecule has 6 rings (SSSR count). The van der Waals surface area contributed by atoms with E-state index in [2.05, 4.69) is 82.4 Å². The SMILES string of the molecule is CNc1ccc(-c2cnc3[nH]c4ccc(OSc5cccs5)cc4c3c2-c2ccccc2)cc1. The van der Waals surface area contributed by atoms with Crippen LogP contribution in [-0.4, -0.2) is 17.0 Å². The molecular formula is C28H21N3OS2. The molecule has 0 radical (unpaired) electrons. The summed E-state index contributed by atoms with van der Waals surface area (Å²) in [5.41, 5.74) is 7.53. The number of benzene rings is 3. The van der Waals surface area contributed by atoms with Gasteiger partial charge in [0.2, 0.25) is 0 Å². The van der Waals surface area contributed by atoms with E-state index in [0.717, 1.165) is 59.8 Å². The molecule has 0 atom stereocenters. The Balaban J connectivity index is 1.56. The Morgan fingerprint density at radius 3 is 2.53 bits per heavy atom. The molecule has 0 spiro atoms. The molecule has 0 saturated carbocycles. The predicted molar refractivity (Wildman–Crippen MR) is 145 cm³/mol. The first-order chi connectivity index (χ1) is 16.8. The average Bonchev–Trinajstić information content (AvgIpc) is 3.55. The number of rotatable bonds is 6. The van der Waals surface area contributed by atoms with E-state index in [1.165, 1.54) is 12.0 Å². The molecule has 0 saturated heterocycles. The van der Waals surface area contributed by atoms with Crippen molar-refractivity contribution in [1.82, 2.24) is 9.97 Å². The lowest BCUT2D eigenvalue weighted by atomic mass is 9.92. The van der Waals surface area contributed by atoms with Crippen LogP contribution in [0.1, 0.15) is 0 Å². The number of aromatic nitrogens is 2. The minimum Gasteiger partial charge on any atom is -0.420 e. The summed E-state index contributed by atoms with van der Waals surface area (Å²) in [4.78, 5) is 8.32. The van der Waals surface area contributed by atoms with Crippen LogP contribution in [-0.2, 0) is 0 Å². The minimum absolute atomic E-state index is 0.814. The highest BCUT2D eigenvalue weighted by Crippen LogP contribution is 2.41. The first kappa shape index (κ1) is 20.8. The van der Waals surface area contributed by atoms with Gasteiger partial charge in [-0.15, -0.1) is 11.3 Å². The van der Waals surface area contributed by atoms with Crippen LogP contribution in [0, 0.1) is 0 Å². The van der Waals surface area contributed by atoms with Gasteiger partial charge in [-0.05, 0) is 52.9 Å². The second-order valence-corrected chi connectivity index (χ2v) is 9.87. The fraction of sp³-hybridized carbons (Fsp3) is 0.0357. The number of anilines is 1. The van der Waals surface area contributed by atoms with Crippen molar-refractivity contribution < 1.29 is 4.18 Å². The maximum Gasteiger partial charge on any atom is 0.138 e. The third kappa shape index (κ3) is 3.81. The number of aromatic amines is 1. The zero-order valence-corrected chi connectivity index (χ0v) is 20.0. The number of thiophene rings is 1. The van der Waals surface area contributed by atoms with Crippen LogP contribution in [0.4, 0.5) is 5.69 Å². The third-order valence-electron chi connectivity index (χ3n) is 5.85. The monoisotopic (exact) mass is 479 g/mol. The lowest BCUT2D eigenvalue weighted by Crippen LogP contribution is -1.91. The zero-order valence-electron chi connectivity index (χ0n) is 18.4. The molecule has 6 aromatic rings. The fourth-order valence-electron chi connectivity index (χ4n) is 4.23. The molecule has 34 heavy (non-hydrogen) atoms. The number of pyridine rings is 1. The fourth-order valence-corrected chi connectivity index (χ4v) is 5.52. The average molecular weight is 480 g/mol. The van der Waals surface area contributed by atoms with Gasteiger partial charge in [0.15, 0.2) is 0 Å². The van der Waals surface area contributed by atoms with Gasteiger partial charge in [0, 0.05) is 46.3 Å². The van der Waals surface area contributed by atoms with Crippen molar-refractivity contribution in [3.8, 4) is 28.0 Å². The van der Waals surface area contributed by atoms with E-state index < -0.39 is 0 Å². The molecule has 0 aliphatic rings. The Bertz CT molecular complexity index is 1570. The van der Waals surface area contributed by atoms with Gasteiger partial charge >= 0.3 is 0 Å². The molecule has 0 amide bonds. The Morgan fingerprint density at radius 2 is 1.76 bits per heavy atom. The standard InChI is InChI=1S/C28H21N3OS2/c1-29-20-11-9-18(10-12-20)23-17-30-28-27(26(23)19-6-3-2-4-7-19)22-16-21(13-14-24(22)31-28)32-34-25-8-5-15-33-25/h2-17,29H,1H3,(H,30,31). The maximum atomic E-state index is 6.05. The van der Waals surface area contributed by atoms with Crippen LogP contribution in [0.25, 0.3) is 44.2 Å². The molecule has 3 heterocycles. The number of nitrogens with zero attached hydrogens (tertiary/aromatic N) is 1. The Kier molecular flexibility index (Phi) is 5.45. The summed E-state index contributed by atoms with van der Waals surface area (Å²) in [6, 6.07) is 29.3. The zero-order chi connectivity index (χ0) is 22.9. The van der Waals surface area contributed by atoms with Crippen LogP contribution in [0.2, 0.25) is 0 Å². The largest absolute Gasteiger partial charge is 0.420 e. The number of hydrogen-bond acceptors (Lipinski definition) is 5. The second kappa shape index (κ2) is 8.89. The number of hydrogen-bond donors (Lipinski definition) is 2. The lowest BCUT2D eigenvalue weighted by Gasteiger charge is -2.13. The summed E-state index contributed by atoms with van der Waals surface area (Å²) in [5, 5.41) is 7.44. The van der Waals surface area contributed by atoms with Crippen molar-refractivity contribution in [1.29, 1.82) is 0 Å². The van der Waals surface area contributed by atoms with Crippen LogP contribution in [0.15, 0.2) is 101 Å². The van der Waals surface area contributed by atoms with E-state index in [1.54, 1.807) is 11.3 Å². The van der Waals surface area contributed by atoms with Gasteiger partial charge in [0.25, 0.3) is 0 Å². The molecule has 0 fully saturated rings. The molecule has 0 unspecified atom stereocenters. The maximum absolute atomic E-state index is 6.05. The van der Waals surface area contributed by atoms with Gasteiger partial charge in [-0.25, -0.2) is 4.98 Å². The summed E-state index contributed by atoms with van der Waals surface area (Å²) in [6.45, 7) is 0. The first-order valence-electron chi connectivity index (χ1n) is 11.0. The Labute approximate surface area is 205 Å². The van der Waals surface area contributed by atoms with Gasteiger partial charge in [0.1, 0.15) is 27.6 Å². The van der Waals surface area contributed by atoms with E-state index in [-0.39, 0.29) is 0 Å². The molecule has 3 aromatic heterocycles. The van der Waals surface area contributed by atoms with Crippen molar-refractivity contribution in [3.05, 3.63) is 96.5 Å². The highest BCUT2D eigenvalue weighted by molar-refractivity contribution is 7.97. The summed E-state index contributed by atoms with van der Waals surface area (Å²) in [5.74, 6) is 0.814. The van der Waals surface area contributed by atoms with Gasteiger partial charge in [-0.3, -0.25) is 0 Å². The smallest absolute Gasteiger partial charge is 0.138 e. The van der Waals surface area contributed by atoms with Gasteiger partial charge in [-0.1, -0.05) is 48.5 Å². The van der Waals surface area contributed by atoms with Crippen LogP contribution < -0.4 is 9.50 Å². The highest BCUT2D eigenvalue weighted by Gasteiger charge is 2.18. The first-order valence-corrected chi connectivity index (χ1v) is 12.6. The molecule has 6 heteroatoms. The van der Waals surface area contributed by atoms with E-state index in [1.807, 2.05) is 31.4 Å². The van der Waals surface area contributed by atoms with E-state index >= 15 is 0 Å². The van der Waals surface area contributed by atoms with Crippen molar-refractivity contribution >= 4 is 51.0 Å². The number of fused-ring (bicyclic) bond motifs is 3. The van der Waals surface area contributed by atoms with Crippen molar-refractivity contribution in [2.24, 2.45) is 0 Å². The highest BCUT2D eigenvalue weighted by atomic mass is 32.2. The van der Waals surface area contributed by atoms with Gasteiger partial charge < -0.3 is 14.5 Å². The minimum atomic E-state index is 0.814. The molecule has 166 valence electrons. The van der Waals surface area contributed by atoms with Crippen LogP contribution in [0.3, 0.4) is 0 Å². The molecule has 0 aliphatic heterocycles. The summed E-state index contributed by atoms with van der Waals surface area (Å²) < 4.78 is 7.17. The Morgan fingerprint density at radius 1 is 0.912 bits per heavy atom. The second-order valence-electron chi connectivity index (χ2n) is 7.89. The molecule has 0 aliphatic carbocycles. The lowest BCUT2D eigenvalue weighted by molar-refractivity contribution is 0.649. The summed E-state index contributed by atoms with van der Waals surface area (Å²) in [6.07, 6.45) is 1.97. The van der Waals surface area contributed by atoms with Crippen molar-refractivity contribution in [3.63, 3.8) is 0 Å². The van der Waals surface area contributed by atoms with Gasteiger partial charge in [-0.2, -0.15) is 0 Å². The predicted octanol–water partition coefficient (Wildman–Crippen LogP) is 8.24. The van der Waals surface area contributed by atoms with Crippen molar-refractivity contribution in [2.45, 2.75) is 4.21 Å². The molecule has 0 bridgehead atoms. The van der Waals surface area contributed by atoms with Gasteiger partial charge in [0.05, 0.1) is 0 Å².